The molecular weight excluding hydrogens is 450 g/mol. The second-order valence-corrected chi connectivity index (χ2v) is 11.6. The molecule has 2 aromatic rings. The van der Waals surface area contributed by atoms with Gasteiger partial charge in [-0.15, -0.1) is 11.3 Å². The van der Waals surface area contributed by atoms with Crippen LogP contribution in [0.3, 0.4) is 0 Å². The van der Waals surface area contributed by atoms with Crippen molar-refractivity contribution in [1.29, 1.82) is 0 Å². The lowest BCUT2D eigenvalue weighted by Gasteiger charge is -2.07. The number of amides is 1. The summed E-state index contributed by atoms with van der Waals surface area (Å²) in [6, 6.07) is 8.45. The van der Waals surface area contributed by atoms with Gasteiger partial charge < -0.3 is 5.32 Å². The van der Waals surface area contributed by atoms with Crippen LogP contribution in [-0.2, 0) is 11.2 Å². The molecule has 0 bridgehead atoms. The van der Waals surface area contributed by atoms with Crippen molar-refractivity contribution >= 4 is 34.6 Å². The van der Waals surface area contributed by atoms with Crippen LogP contribution in [0.1, 0.15) is 76.2 Å². The first-order valence-electron chi connectivity index (χ1n) is 12.2. The minimum absolute atomic E-state index is 0.0140. The van der Waals surface area contributed by atoms with Gasteiger partial charge in [-0.3, -0.25) is 9.79 Å². The summed E-state index contributed by atoms with van der Waals surface area (Å²) in [4.78, 5) is 21.3. The van der Waals surface area contributed by atoms with Gasteiger partial charge in [-0.25, -0.2) is 4.98 Å². The van der Waals surface area contributed by atoms with E-state index in [0.29, 0.717) is 18.4 Å². The molecule has 1 N–H and O–H groups in total. The van der Waals surface area contributed by atoms with Crippen molar-refractivity contribution in [3.05, 3.63) is 74.8 Å². The molecule has 188 valence electrons. The van der Waals surface area contributed by atoms with Crippen LogP contribution in [-0.4, -0.2) is 30.7 Å². The minimum atomic E-state index is 0.0140. The highest BCUT2D eigenvalue weighted by atomic mass is 32.1. The number of benzene rings is 1. The van der Waals surface area contributed by atoms with Crippen LogP contribution >= 0.6 is 11.3 Å². The Morgan fingerprint density at radius 2 is 1.80 bits per heavy atom. The van der Waals surface area contributed by atoms with E-state index in [4.69, 9.17) is 4.98 Å². The van der Waals surface area contributed by atoms with Gasteiger partial charge in [-0.1, -0.05) is 80.8 Å². The second-order valence-electron chi connectivity index (χ2n) is 10.7. The van der Waals surface area contributed by atoms with Crippen molar-refractivity contribution in [2.45, 2.75) is 67.7 Å². The van der Waals surface area contributed by atoms with Crippen LogP contribution in [0.5, 0.6) is 0 Å². The number of aromatic nitrogens is 1. The fourth-order valence-electron chi connectivity index (χ4n) is 3.41. The van der Waals surface area contributed by atoms with E-state index in [1.807, 2.05) is 11.6 Å². The summed E-state index contributed by atoms with van der Waals surface area (Å²) in [7, 11) is 1.77. The van der Waals surface area contributed by atoms with Crippen molar-refractivity contribution in [2.24, 2.45) is 10.4 Å². The first-order valence-corrected chi connectivity index (χ1v) is 13.1. The molecule has 1 aromatic carbocycles. The van der Waals surface area contributed by atoms with E-state index in [2.05, 4.69) is 95.2 Å². The Labute approximate surface area is 216 Å². The summed E-state index contributed by atoms with van der Waals surface area (Å²) >= 11 is 1.55. The van der Waals surface area contributed by atoms with Gasteiger partial charge in [-0.05, 0) is 50.2 Å². The molecule has 0 saturated heterocycles. The van der Waals surface area contributed by atoms with Crippen LogP contribution in [0.2, 0.25) is 0 Å². The highest BCUT2D eigenvalue weighted by molar-refractivity contribution is 7.11. The fraction of sp³-hybridized carbons (Fsp3) is 0.433. The minimum Gasteiger partial charge on any atom is -0.355 e. The quantitative estimate of drug-likeness (QED) is 0.390. The summed E-state index contributed by atoms with van der Waals surface area (Å²) in [5, 5.41) is 5.87. The van der Waals surface area contributed by atoms with E-state index in [1.54, 1.807) is 18.4 Å². The number of carbonyl (C=O) groups excluding carboxylic acids is 1. The van der Waals surface area contributed by atoms with E-state index in [-0.39, 0.29) is 5.91 Å². The molecule has 1 aliphatic carbocycles. The molecule has 35 heavy (non-hydrogen) atoms. The van der Waals surface area contributed by atoms with Gasteiger partial charge in [0, 0.05) is 30.8 Å². The highest BCUT2D eigenvalue weighted by Crippen LogP contribution is 2.27. The zero-order valence-electron chi connectivity index (χ0n) is 22.7. The van der Waals surface area contributed by atoms with Gasteiger partial charge >= 0.3 is 0 Å². The van der Waals surface area contributed by atoms with Crippen LogP contribution in [0.15, 0.2) is 57.9 Å². The van der Waals surface area contributed by atoms with Gasteiger partial charge in [0.2, 0.25) is 5.91 Å². The number of aryl methyl sites for hydroxylation is 1. The van der Waals surface area contributed by atoms with Crippen LogP contribution in [0.25, 0.3) is 11.1 Å². The Balaban J connectivity index is 0.000000784. The average Bonchev–Trinajstić information content (AvgIpc) is 3.39. The molecule has 1 amide bonds. The van der Waals surface area contributed by atoms with E-state index < -0.39 is 0 Å². The third-order valence-electron chi connectivity index (χ3n) is 5.15. The maximum absolute atomic E-state index is 12.3. The fourth-order valence-corrected chi connectivity index (χ4v) is 4.30. The molecule has 0 radical (unpaired) electrons. The number of hydrogen-bond acceptors (Lipinski definition) is 4. The lowest BCUT2D eigenvalue weighted by atomic mass is 10.0. The van der Waals surface area contributed by atoms with Gasteiger partial charge in [0.05, 0.1) is 12.1 Å². The van der Waals surface area contributed by atoms with Crippen LogP contribution < -0.4 is 5.32 Å². The Kier molecular flexibility index (Phi) is 10.8. The Bertz CT molecular complexity index is 1100. The maximum atomic E-state index is 12.3. The smallest absolute Gasteiger partial charge is 0.226 e. The number of rotatable bonds is 8. The number of hydrogen-bond donors (Lipinski definition) is 1. The molecule has 1 aliphatic rings. The van der Waals surface area contributed by atoms with Gasteiger partial charge in [-0.2, -0.15) is 0 Å². The molecule has 0 atom stereocenters. The zero-order chi connectivity index (χ0) is 26.0. The van der Waals surface area contributed by atoms with Crippen molar-refractivity contribution in [3.63, 3.8) is 0 Å². The normalized spacial score (nSPS) is 14.2. The van der Waals surface area contributed by atoms with Gasteiger partial charge in [0.15, 0.2) is 0 Å². The predicted octanol–water partition coefficient (Wildman–Crippen LogP) is 7.46. The predicted molar refractivity (Wildman–Crippen MR) is 153 cm³/mol. The van der Waals surface area contributed by atoms with Crippen molar-refractivity contribution in [1.82, 2.24) is 10.3 Å². The second kappa shape index (κ2) is 13.3. The summed E-state index contributed by atoms with van der Waals surface area (Å²) in [6.07, 6.45) is 8.39. The lowest BCUT2D eigenvalue weighted by molar-refractivity contribution is -0.120. The Morgan fingerprint density at radius 3 is 2.37 bits per heavy atom. The highest BCUT2D eigenvalue weighted by Gasteiger charge is 2.13. The first-order chi connectivity index (χ1) is 16.5. The van der Waals surface area contributed by atoms with Gasteiger partial charge in [0.25, 0.3) is 0 Å². The van der Waals surface area contributed by atoms with Crippen LogP contribution in [0, 0.1) is 12.3 Å². The monoisotopic (exact) mass is 491 g/mol. The molecule has 1 aromatic heterocycles. The van der Waals surface area contributed by atoms with Gasteiger partial charge in [0.1, 0.15) is 5.01 Å². The van der Waals surface area contributed by atoms with Crippen molar-refractivity contribution in [2.75, 3.05) is 13.6 Å². The standard InChI is InChI=1S/C25H29N3OS.C5H12/c1-17-6-9-21(10-7-17)19(3)23(15-26-4)25-28-22(16-30-25)14-24(29)27-12-11-20-8-5-18(2)13-20;1-5(2,3)4/h5-10,15-16H,11-14H2,1-4H3,(H,27,29);1-4H3/b23-19-,26-15?;. The Morgan fingerprint density at radius 1 is 1.14 bits per heavy atom. The summed E-state index contributed by atoms with van der Waals surface area (Å²) in [5.74, 6) is 0.0140. The van der Waals surface area contributed by atoms with Crippen molar-refractivity contribution in [3.8, 4) is 0 Å². The number of carbonyl (C=O) groups is 1. The molecule has 0 saturated carbocycles. The summed E-state index contributed by atoms with van der Waals surface area (Å²) < 4.78 is 0. The number of thiazole rings is 1. The summed E-state index contributed by atoms with van der Waals surface area (Å²) in [6.45, 7) is 15.7. The lowest BCUT2D eigenvalue weighted by Crippen LogP contribution is -2.26. The van der Waals surface area contributed by atoms with E-state index >= 15 is 0 Å². The number of aliphatic imine (C=N–C) groups is 1. The topological polar surface area (TPSA) is 54.4 Å². The molecule has 3 rings (SSSR count). The molecule has 5 heteroatoms. The molecule has 0 fully saturated rings. The Hall–Kier alpha value is -2.79. The number of allylic oxidation sites excluding steroid dienone is 5. The van der Waals surface area contributed by atoms with E-state index in [1.165, 1.54) is 16.7 Å². The third kappa shape index (κ3) is 10.6. The van der Waals surface area contributed by atoms with E-state index in [0.717, 1.165) is 40.3 Å². The molecule has 0 spiro atoms. The number of nitrogens with one attached hydrogen (secondary N) is 1. The molecule has 0 aliphatic heterocycles. The molecule has 1 heterocycles. The SMILES string of the molecule is CC(C)(C)C.CN=C/C(=C(\C)c1ccc(C)cc1)c1nc(CC(=O)NCCC2=CC=C(C)C2)cs1. The summed E-state index contributed by atoms with van der Waals surface area (Å²) in [5.41, 5.74) is 8.56. The first kappa shape index (κ1) is 28.4. The molecule has 4 nitrogen and oxygen atoms in total. The zero-order valence-corrected chi connectivity index (χ0v) is 23.5. The van der Waals surface area contributed by atoms with Crippen LogP contribution in [0.4, 0.5) is 0 Å². The van der Waals surface area contributed by atoms with E-state index in [9.17, 15) is 4.79 Å². The molecular formula is C30H41N3OS. The number of nitrogens with zero attached hydrogens (tertiary/aromatic N) is 2. The third-order valence-corrected chi connectivity index (χ3v) is 6.07. The average molecular weight is 492 g/mol. The van der Waals surface area contributed by atoms with Crippen molar-refractivity contribution < 1.29 is 4.79 Å². The largest absolute Gasteiger partial charge is 0.355 e. The maximum Gasteiger partial charge on any atom is 0.226 e. The molecule has 0 unspecified atom stereocenters.